The molecule has 21 heteroatoms. The molecule has 6 aromatic rings. The number of benzene rings is 2. The van der Waals surface area contributed by atoms with E-state index in [4.69, 9.17) is 19.2 Å². The SMILES string of the molecule is CC1CN(CC(=O)N2CC(C)(C)c3ncc(Cc4ccc(F)cc4)cc32)CCN1C(=O)OC(C)(C)C.Cc1[nH]nc(Nc2ncnc3cc(OCCOc4cnc(N5CCN(C)[C@H](C)C5)nc4)c(S(=O)C(C)(C)C)cc23)c1C. The highest BCUT2D eigenvalue weighted by Gasteiger charge is 2.41. The van der Waals surface area contributed by atoms with Crippen LogP contribution in [0.3, 0.4) is 0 Å². The highest BCUT2D eigenvalue weighted by atomic mass is 32.2. The largest absolute Gasteiger partial charge is 0.489 e. The fourth-order valence-corrected chi connectivity index (χ4v) is 10.7. The number of pyridine rings is 1. The lowest BCUT2D eigenvalue weighted by Gasteiger charge is -2.40. The molecular formula is C57H76FN13O6S. The number of aromatic nitrogens is 7. The minimum Gasteiger partial charge on any atom is -0.489 e. The maximum Gasteiger partial charge on any atom is 0.410 e. The van der Waals surface area contributed by atoms with Gasteiger partial charge >= 0.3 is 6.09 Å². The van der Waals surface area contributed by atoms with Gasteiger partial charge in [0.1, 0.15) is 42.5 Å². The number of likely N-dealkylation sites (N-methyl/N-ethyl adjacent to an activating group) is 1. The zero-order valence-corrected chi connectivity index (χ0v) is 48.3. The van der Waals surface area contributed by atoms with E-state index in [0.29, 0.717) is 78.1 Å². The molecule has 0 bridgehead atoms. The van der Waals surface area contributed by atoms with Crippen molar-refractivity contribution < 1.29 is 32.4 Å². The molecule has 3 aliphatic rings. The van der Waals surface area contributed by atoms with Crippen molar-refractivity contribution in [3.63, 3.8) is 0 Å². The van der Waals surface area contributed by atoms with Crippen molar-refractivity contribution in [3.8, 4) is 11.5 Å². The van der Waals surface area contributed by atoms with E-state index in [1.54, 1.807) is 35.5 Å². The quantitative estimate of drug-likeness (QED) is 0.104. The van der Waals surface area contributed by atoms with E-state index in [9.17, 15) is 18.2 Å². The van der Waals surface area contributed by atoms with Crippen molar-refractivity contribution in [2.45, 2.75) is 122 Å². The third-order valence-electron chi connectivity index (χ3n) is 14.1. The molecule has 0 radical (unpaired) electrons. The summed E-state index contributed by atoms with van der Waals surface area (Å²) in [5, 5.41) is 11.3. The van der Waals surface area contributed by atoms with Crippen LogP contribution in [0.1, 0.15) is 97.3 Å². The van der Waals surface area contributed by atoms with E-state index in [1.807, 2.05) is 85.5 Å². The Morgan fingerprint density at radius 3 is 2.22 bits per heavy atom. The summed E-state index contributed by atoms with van der Waals surface area (Å²) in [5.74, 6) is 2.79. The van der Waals surface area contributed by atoms with Crippen molar-refractivity contribution >= 4 is 57.0 Å². The van der Waals surface area contributed by atoms with E-state index in [-0.39, 0.29) is 49.0 Å². The summed E-state index contributed by atoms with van der Waals surface area (Å²) >= 11 is 0. The standard InChI is InChI=1S/C29H39N9O3S.C28H37FN4O3/c1-18-16-38(9-8-37(18)7)28-30-14-21(15-31-28)40-10-11-41-24-13-23-22(12-25(24)42(39)29(4,5)6)27(33-17-32-23)34-26-19(2)20(3)35-36-26;1-19-16-31(11-12-32(19)26(35)36-27(2,3)4)17-24(34)33-18-28(5,6)25-23(33)14-21(15-30-25)13-20-7-9-22(29)10-8-20/h12-15,17-18H,8-11,16H2,1-7H3,(H2,32,33,34,35,36);7-10,14-15,19H,11-13,16-18H2,1-6H3/t18-,42?;/m1./s1. The van der Waals surface area contributed by atoms with Crippen molar-refractivity contribution in [1.82, 2.24) is 49.8 Å². The Morgan fingerprint density at radius 2 is 1.56 bits per heavy atom. The Labute approximate surface area is 460 Å². The molecule has 0 saturated carbocycles. The number of fused-ring (bicyclic) bond motifs is 2. The number of nitrogens with zero attached hydrogens (tertiary/aromatic N) is 11. The number of aromatic amines is 1. The Morgan fingerprint density at radius 1 is 0.846 bits per heavy atom. The summed E-state index contributed by atoms with van der Waals surface area (Å²) < 4.78 is 43.9. The van der Waals surface area contributed by atoms with Gasteiger partial charge in [0.2, 0.25) is 11.9 Å². The molecule has 0 aliphatic carbocycles. The van der Waals surface area contributed by atoms with Gasteiger partial charge in [0.15, 0.2) is 11.6 Å². The number of piperazine rings is 2. The minimum atomic E-state index is -1.37. The second-order valence-corrected chi connectivity index (χ2v) is 25.4. The molecule has 9 rings (SSSR count). The predicted molar refractivity (Wildman–Crippen MR) is 302 cm³/mol. The van der Waals surface area contributed by atoms with E-state index >= 15 is 0 Å². The van der Waals surface area contributed by atoms with Crippen molar-refractivity contribution in [2.24, 2.45) is 0 Å². The lowest BCUT2D eigenvalue weighted by Crippen LogP contribution is -2.56. The van der Waals surface area contributed by atoms with E-state index in [0.717, 1.165) is 58.8 Å². The van der Waals surface area contributed by atoms with Gasteiger partial charge in [-0.1, -0.05) is 26.0 Å². The van der Waals surface area contributed by atoms with E-state index < -0.39 is 21.1 Å². The van der Waals surface area contributed by atoms with E-state index in [2.05, 4.69) is 78.0 Å². The number of nitrogens with one attached hydrogen (secondary N) is 2. The highest BCUT2D eigenvalue weighted by Crippen LogP contribution is 2.40. The molecule has 2 aromatic carbocycles. The number of hydrogen-bond acceptors (Lipinski definition) is 16. The Bertz CT molecular complexity index is 3110. The van der Waals surface area contributed by atoms with Crippen LogP contribution in [0.5, 0.6) is 11.5 Å². The maximum atomic E-state index is 13.6. The first kappa shape index (κ1) is 57.3. The smallest absolute Gasteiger partial charge is 0.410 e. The number of halogens is 1. The number of carbonyl (C=O) groups excluding carboxylic acids is 2. The monoisotopic (exact) mass is 1090 g/mol. The second-order valence-electron chi connectivity index (χ2n) is 23.2. The Kier molecular flexibility index (Phi) is 17.4. The van der Waals surface area contributed by atoms with Crippen LogP contribution in [0.25, 0.3) is 10.9 Å². The number of H-pyrrole nitrogens is 1. The molecular weight excluding hydrogens is 1010 g/mol. The summed E-state index contributed by atoms with van der Waals surface area (Å²) in [4.78, 5) is 59.5. The first-order valence-electron chi connectivity index (χ1n) is 26.6. The second kappa shape index (κ2) is 23.6. The lowest BCUT2D eigenvalue weighted by atomic mass is 9.91. The van der Waals surface area contributed by atoms with Gasteiger partial charge in [-0.25, -0.2) is 29.1 Å². The molecule has 2 saturated heterocycles. The molecule has 2 unspecified atom stereocenters. The summed E-state index contributed by atoms with van der Waals surface area (Å²) in [5.41, 5.74) is 5.58. The fraction of sp³-hybridized carbons (Fsp3) is 0.509. The van der Waals surface area contributed by atoms with Crippen LogP contribution in [-0.2, 0) is 32.2 Å². The number of aryl methyl sites for hydroxylation is 1. The molecule has 19 nitrogen and oxygen atoms in total. The molecule has 4 aromatic heterocycles. The van der Waals surface area contributed by atoms with Gasteiger partial charge in [0.25, 0.3) is 0 Å². The number of ether oxygens (including phenoxy) is 3. The summed E-state index contributed by atoms with van der Waals surface area (Å²) in [6.07, 6.45) is 7.03. The van der Waals surface area contributed by atoms with Crippen LogP contribution in [0.2, 0.25) is 0 Å². The average molecular weight is 1090 g/mol. The molecule has 3 aliphatic heterocycles. The topological polar surface area (TPSA) is 200 Å². The molecule has 0 spiro atoms. The highest BCUT2D eigenvalue weighted by molar-refractivity contribution is 7.86. The minimum absolute atomic E-state index is 0.0282. The van der Waals surface area contributed by atoms with Crippen LogP contribution in [0, 0.1) is 19.7 Å². The first-order chi connectivity index (χ1) is 36.8. The van der Waals surface area contributed by atoms with E-state index in [1.165, 1.54) is 18.5 Å². The fourth-order valence-electron chi connectivity index (χ4n) is 9.54. The molecule has 78 heavy (non-hydrogen) atoms. The van der Waals surface area contributed by atoms with Crippen molar-refractivity contribution in [1.29, 1.82) is 0 Å². The normalized spacial score (nSPS) is 18.3. The van der Waals surface area contributed by atoms with Crippen LogP contribution in [-0.4, -0.2) is 161 Å². The molecule has 2 N–H and O–H groups in total. The van der Waals surface area contributed by atoms with Gasteiger partial charge in [-0.15, -0.1) is 0 Å². The Balaban J connectivity index is 0.000000208. The van der Waals surface area contributed by atoms with Gasteiger partial charge in [-0.05, 0) is 118 Å². The average Bonchev–Trinajstić information content (AvgIpc) is 3.87. The van der Waals surface area contributed by atoms with Gasteiger partial charge in [-0.3, -0.25) is 24.0 Å². The van der Waals surface area contributed by atoms with Crippen molar-refractivity contribution in [3.05, 3.63) is 101 Å². The molecule has 7 heterocycles. The molecule has 418 valence electrons. The van der Waals surface area contributed by atoms with Gasteiger partial charge < -0.3 is 39.1 Å². The van der Waals surface area contributed by atoms with Crippen LogP contribution >= 0.6 is 0 Å². The molecule has 3 atom stereocenters. The number of carbonyl (C=O) groups is 2. The zero-order valence-electron chi connectivity index (χ0n) is 47.4. The number of amides is 2. The zero-order chi connectivity index (χ0) is 56.3. The third-order valence-corrected chi connectivity index (χ3v) is 16.0. The summed E-state index contributed by atoms with van der Waals surface area (Å²) in [7, 11) is 0.761. The van der Waals surface area contributed by atoms with Crippen LogP contribution < -0.4 is 24.6 Å². The van der Waals surface area contributed by atoms with Gasteiger partial charge in [0.05, 0.1) is 51.5 Å². The van der Waals surface area contributed by atoms with Crippen LogP contribution in [0.15, 0.2) is 72.3 Å². The number of hydrogen-bond donors (Lipinski definition) is 2. The number of rotatable bonds is 13. The Hall–Kier alpha value is -6.84. The summed E-state index contributed by atoms with van der Waals surface area (Å²) in [6, 6.07) is 12.5. The molecule has 2 fully saturated rings. The van der Waals surface area contributed by atoms with Crippen LogP contribution in [0.4, 0.5) is 32.5 Å². The summed E-state index contributed by atoms with van der Waals surface area (Å²) in [6.45, 7) is 29.6. The molecule has 2 amide bonds. The maximum absolute atomic E-state index is 13.6. The predicted octanol–water partition coefficient (Wildman–Crippen LogP) is 8.38. The lowest BCUT2D eigenvalue weighted by molar-refractivity contribution is -0.120. The number of anilines is 4. The van der Waals surface area contributed by atoms with Gasteiger partial charge in [0, 0.05) is 97.0 Å². The third kappa shape index (κ3) is 13.9. The van der Waals surface area contributed by atoms with Gasteiger partial charge in [-0.2, -0.15) is 5.10 Å². The first-order valence-corrected chi connectivity index (χ1v) is 27.8. The van der Waals surface area contributed by atoms with Crippen molar-refractivity contribution in [2.75, 3.05) is 87.7 Å².